The first-order chi connectivity index (χ1) is 10.6. The zero-order chi connectivity index (χ0) is 15.5. The molecule has 0 saturated heterocycles. The van der Waals surface area contributed by atoms with Crippen LogP contribution in [0.5, 0.6) is 0 Å². The fourth-order valence-corrected chi connectivity index (χ4v) is 2.47. The van der Waals surface area contributed by atoms with Gasteiger partial charge in [-0.1, -0.05) is 28.1 Å². The van der Waals surface area contributed by atoms with Gasteiger partial charge in [-0.2, -0.15) is 0 Å². The van der Waals surface area contributed by atoms with Gasteiger partial charge in [0, 0.05) is 22.6 Å². The highest BCUT2D eigenvalue weighted by molar-refractivity contribution is 9.10. The number of nitrogens with one attached hydrogen (secondary N) is 1. The van der Waals surface area contributed by atoms with Gasteiger partial charge in [0.05, 0.1) is 11.3 Å². The second-order valence-corrected chi connectivity index (χ2v) is 5.90. The molecule has 1 N–H and O–H groups in total. The largest absolute Gasteiger partial charge is 0.348 e. The molecule has 0 radical (unpaired) electrons. The van der Waals surface area contributed by atoms with E-state index in [2.05, 4.69) is 31.2 Å². The maximum atomic E-state index is 12.4. The highest BCUT2D eigenvalue weighted by Crippen LogP contribution is 2.15. The Balaban J connectivity index is 1.79. The second kappa shape index (κ2) is 6.23. The zero-order valence-electron chi connectivity index (χ0n) is 12.0. The fourth-order valence-electron chi connectivity index (χ4n) is 2.20. The van der Waals surface area contributed by atoms with Crippen molar-refractivity contribution in [2.24, 2.45) is 0 Å². The summed E-state index contributed by atoms with van der Waals surface area (Å²) in [5.41, 5.74) is 2.96. The number of rotatable bonds is 3. The molecule has 3 aromatic rings. The van der Waals surface area contributed by atoms with E-state index >= 15 is 0 Å². The number of nitrogens with zero attached hydrogens (tertiary/aromatic N) is 2. The Hall–Kier alpha value is -2.27. The summed E-state index contributed by atoms with van der Waals surface area (Å²) in [6.45, 7) is 2.30. The van der Waals surface area contributed by atoms with Crippen molar-refractivity contribution in [3.63, 3.8) is 0 Å². The summed E-state index contributed by atoms with van der Waals surface area (Å²) in [6, 6.07) is 13.4. The van der Waals surface area contributed by atoms with Gasteiger partial charge in [-0.3, -0.25) is 4.79 Å². The summed E-state index contributed by atoms with van der Waals surface area (Å²) in [6.07, 6.45) is 1.70. The van der Waals surface area contributed by atoms with Gasteiger partial charge in [-0.25, -0.2) is 9.97 Å². The first-order valence-corrected chi connectivity index (χ1v) is 7.68. The van der Waals surface area contributed by atoms with Gasteiger partial charge in [-0.15, -0.1) is 0 Å². The highest BCUT2D eigenvalue weighted by Gasteiger charge is 2.11. The van der Waals surface area contributed by atoms with Crippen molar-refractivity contribution in [1.29, 1.82) is 0 Å². The predicted octanol–water partition coefficient (Wildman–Crippen LogP) is 3.63. The second-order valence-electron chi connectivity index (χ2n) is 4.98. The number of aromatic nitrogens is 2. The van der Waals surface area contributed by atoms with Crippen molar-refractivity contribution in [2.75, 3.05) is 0 Å². The van der Waals surface area contributed by atoms with Crippen molar-refractivity contribution in [3.8, 4) is 0 Å². The molecule has 2 heterocycles. The molecule has 1 amide bonds. The molecule has 0 saturated carbocycles. The molecule has 5 heteroatoms. The minimum absolute atomic E-state index is 0.126. The van der Waals surface area contributed by atoms with E-state index in [1.54, 1.807) is 6.20 Å². The third kappa shape index (κ3) is 3.14. The Morgan fingerprint density at radius 1 is 1.23 bits per heavy atom. The number of hydrogen-bond donors (Lipinski definition) is 1. The van der Waals surface area contributed by atoms with E-state index in [4.69, 9.17) is 0 Å². The molecule has 110 valence electrons. The number of benzene rings is 1. The maximum absolute atomic E-state index is 12.4. The third-order valence-corrected chi connectivity index (χ3v) is 3.92. The highest BCUT2D eigenvalue weighted by atomic mass is 79.9. The summed E-state index contributed by atoms with van der Waals surface area (Å²) in [4.78, 5) is 21.0. The molecule has 22 heavy (non-hydrogen) atoms. The SMILES string of the molecule is Cc1nc2ncccc2cc1C(=O)NCc1ccc(Br)cc1. The van der Waals surface area contributed by atoms with Gasteiger partial charge in [0.1, 0.15) is 0 Å². The van der Waals surface area contributed by atoms with Crippen LogP contribution in [-0.2, 0) is 6.54 Å². The molecule has 0 atom stereocenters. The van der Waals surface area contributed by atoms with Crippen molar-refractivity contribution >= 4 is 32.9 Å². The van der Waals surface area contributed by atoms with Crippen LogP contribution >= 0.6 is 15.9 Å². The van der Waals surface area contributed by atoms with Crippen LogP contribution in [0.4, 0.5) is 0 Å². The van der Waals surface area contributed by atoms with Gasteiger partial charge in [-0.05, 0) is 42.8 Å². The number of halogens is 1. The van der Waals surface area contributed by atoms with E-state index in [0.29, 0.717) is 23.4 Å². The standard InChI is InChI=1S/C17H14BrN3O/c1-11-15(9-13-3-2-8-19-16(13)21-11)17(22)20-10-12-4-6-14(18)7-5-12/h2-9H,10H2,1H3,(H,20,22). The van der Waals surface area contributed by atoms with Crippen LogP contribution in [0, 0.1) is 6.92 Å². The number of hydrogen-bond acceptors (Lipinski definition) is 3. The minimum atomic E-state index is -0.126. The first kappa shape index (κ1) is 14.7. The van der Waals surface area contributed by atoms with E-state index < -0.39 is 0 Å². The molecule has 4 nitrogen and oxygen atoms in total. The van der Waals surface area contributed by atoms with Crippen molar-refractivity contribution in [3.05, 3.63) is 70.0 Å². The normalized spacial score (nSPS) is 10.6. The van der Waals surface area contributed by atoms with Crippen LogP contribution in [0.3, 0.4) is 0 Å². The van der Waals surface area contributed by atoms with Crippen molar-refractivity contribution in [1.82, 2.24) is 15.3 Å². The molecule has 0 aliphatic rings. The monoisotopic (exact) mass is 355 g/mol. The van der Waals surface area contributed by atoms with Gasteiger partial charge >= 0.3 is 0 Å². The van der Waals surface area contributed by atoms with Crippen LogP contribution in [0.1, 0.15) is 21.6 Å². The molecule has 0 fully saturated rings. The summed E-state index contributed by atoms with van der Waals surface area (Å²) in [5, 5.41) is 3.79. The van der Waals surface area contributed by atoms with Gasteiger partial charge in [0.2, 0.25) is 0 Å². The van der Waals surface area contributed by atoms with E-state index in [9.17, 15) is 4.79 Å². The molecule has 0 aliphatic carbocycles. The van der Waals surface area contributed by atoms with Crippen LogP contribution in [0.2, 0.25) is 0 Å². The average Bonchev–Trinajstić information content (AvgIpc) is 2.53. The molecule has 0 bridgehead atoms. The predicted molar refractivity (Wildman–Crippen MR) is 89.6 cm³/mol. The summed E-state index contributed by atoms with van der Waals surface area (Å²) in [7, 11) is 0. The lowest BCUT2D eigenvalue weighted by atomic mass is 10.1. The number of carbonyl (C=O) groups excluding carboxylic acids is 1. The van der Waals surface area contributed by atoms with E-state index in [0.717, 1.165) is 15.4 Å². The fraction of sp³-hybridized carbons (Fsp3) is 0.118. The Kier molecular flexibility index (Phi) is 4.15. The van der Waals surface area contributed by atoms with Crippen molar-refractivity contribution < 1.29 is 4.79 Å². The lowest BCUT2D eigenvalue weighted by Gasteiger charge is -2.08. The van der Waals surface area contributed by atoms with Crippen molar-refractivity contribution in [2.45, 2.75) is 13.5 Å². The number of carbonyl (C=O) groups is 1. The molecular weight excluding hydrogens is 342 g/mol. The Morgan fingerprint density at radius 2 is 2.00 bits per heavy atom. The Morgan fingerprint density at radius 3 is 2.77 bits per heavy atom. The summed E-state index contributed by atoms with van der Waals surface area (Å²) >= 11 is 3.39. The summed E-state index contributed by atoms with van der Waals surface area (Å²) in [5.74, 6) is -0.126. The van der Waals surface area contributed by atoms with Crippen LogP contribution in [0.25, 0.3) is 11.0 Å². The number of pyridine rings is 2. The van der Waals surface area contributed by atoms with Gasteiger partial charge < -0.3 is 5.32 Å². The Bertz CT molecular complexity index is 831. The number of aryl methyl sites for hydroxylation is 1. The van der Waals surface area contributed by atoms with Gasteiger partial charge in [0.15, 0.2) is 5.65 Å². The molecule has 1 aromatic carbocycles. The Labute approximate surface area is 136 Å². The van der Waals surface area contributed by atoms with E-state index in [-0.39, 0.29) is 5.91 Å². The number of amides is 1. The third-order valence-electron chi connectivity index (χ3n) is 3.39. The molecule has 0 spiro atoms. The van der Waals surface area contributed by atoms with E-state index in [1.165, 1.54) is 0 Å². The molecular formula is C17H14BrN3O. The van der Waals surface area contributed by atoms with Crippen LogP contribution in [0.15, 0.2) is 53.1 Å². The lowest BCUT2D eigenvalue weighted by Crippen LogP contribution is -2.24. The quantitative estimate of drug-likeness (QED) is 0.780. The minimum Gasteiger partial charge on any atom is -0.348 e. The number of fused-ring (bicyclic) bond motifs is 1. The van der Waals surface area contributed by atoms with Crippen LogP contribution in [-0.4, -0.2) is 15.9 Å². The molecule has 0 unspecified atom stereocenters. The van der Waals surface area contributed by atoms with E-state index in [1.807, 2.05) is 49.4 Å². The molecule has 2 aromatic heterocycles. The first-order valence-electron chi connectivity index (χ1n) is 6.88. The smallest absolute Gasteiger partial charge is 0.253 e. The molecule has 0 aliphatic heterocycles. The summed E-state index contributed by atoms with van der Waals surface area (Å²) < 4.78 is 1.02. The van der Waals surface area contributed by atoms with Crippen LogP contribution < -0.4 is 5.32 Å². The molecule has 3 rings (SSSR count). The lowest BCUT2D eigenvalue weighted by molar-refractivity contribution is 0.0950. The zero-order valence-corrected chi connectivity index (χ0v) is 13.6. The topological polar surface area (TPSA) is 54.9 Å². The average molecular weight is 356 g/mol. The van der Waals surface area contributed by atoms with Gasteiger partial charge in [0.25, 0.3) is 5.91 Å². The maximum Gasteiger partial charge on any atom is 0.253 e.